The zero-order valence-corrected chi connectivity index (χ0v) is 13.7. The van der Waals surface area contributed by atoms with Crippen LogP contribution in [0.3, 0.4) is 0 Å². The molecule has 0 aromatic heterocycles. The molecule has 1 rings (SSSR count). The molecule has 0 aliphatic rings. The summed E-state index contributed by atoms with van der Waals surface area (Å²) in [7, 11) is 0. The van der Waals surface area contributed by atoms with Crippen LogP contribution in [0.2, 0.25) is 0 Å². The first kappa shape index (κ1) is 19.0. The van der Waals surface area contributed by atoms with E-state index in [1.165, 1.54) is 25.7 Å². The highest BCUT2D eigenvalue weighted by Gasteiger charge is 2.25. The topological polar surface area (TPSA) is 83.8 Å². The minimum Gasteiger partial charge on any atom is -0.494 e. The largest absolute Gasteiger partial charge is 0.494 e. The second-order valence-electron chi connectivity index (χ2n) is 5.67. The molecule has 0 heterocycles. The lowest BCUT2D eigenvalue weighted by Gasteiger charge is -2.09. The molecule has 5 heteroatoms. The summed E-state index contributed by atoms with van der Waals surface area (Å²) in [5.74, 6) is -3.15. The smallest absolute Gasteiger partial charge is 0.317 e. The monoisotopic (exact) mass is 322 g/mol. The first-order valence-corrected chi connectivity index (χ1v) is 8.22. The van der Waals surface area contributed by atoms with E-state index in [1.54, 1.807) is 0 Å². The van der Waals surface area contributed by atoms with Crippen molar-refractivity contribution in [2.45, 2.75) is 51.9 Å². The van der Waals surface area contributed by atoms with E-state index < -0.39 is 17.9 Å². The lowest BCUT2D eigenvalue weighted by molar-refractivity contribution is -0.154. The Labute approximate surface area is 137 Å². The van der Waals surface area contributed by atoms with Crippen LogP contribution in [0.4, 0.5) is 0 Å². The summed E-state index contributed by atoms with van der Waals surface area (Å²) in [6, 6.07) is 7.40. The molecule has 0 atom stereocenters. The summed E-state index contributed by atoms with van der Waals surface area (Å²) >= 11 is 0. The molecule has 5 nitrogen and oxygen atoms in total. The van der Waals surface area contributed by atoms with Gasteiger partial charge in [-0.25, -0.2) is 0 Å². The highest BCUT2D eigenvalue weighted by Crippen LogP contribution is 2.16. The molecule has 128 valence electrons. The first-order chi connectivity index (χ1) is 11.0. The normalized spacial score (nSPS) is 10.7. The Kier molecular flexibility index (Phi) is 8.80. The third kappa shape index (κ3) is 7.68. The molecule has 0 aliphatic heterocycles. The van der Waals surface area contributed by atoms with Crippen molar-refractivity contribution in [2.75, 3.05) is 6.61 Å². The summed E-state index contributed by atoms with van der Waals surface area (Å²) in [5.41, 5.74) is 0.910. The van der Waals surface area contributed by atoms with Crippen molar-refractivity contribution in [2.24, 2.45) is 5.92 Å². The summed E-state index contributed by atoms with van der Waals surface area (Å²) in [5, 5.41) is 17.7. The second kappa shape index (κ2) is 10.6. The number of carboxylic acids is 2. The second-order valence-corrected chi connectivity index (χ2v) is 5.67. The highest BCUT2D eigenvalue weighted by molar-refractivity contribution is 5.92. The maximum Gasteiger partial charge on any atom is 0.317 e. The fraction of sp³-hybridized carbons (Fsp3) is 0.556. The Balaban J connectivity index is 2.33. The number of aryl methyl sites for hydroxylation is 1. The van der Waals surface area contributed by atoms with Crippen molar-refractivity contribution >= 4 is 11.9 Å². The van der Waals surface area contributed by atoms with E-state index in [2.05, 4.69) is 6.92 Å². The van der Waals surface area contributed by atoms with Gasteiger partial charge in [-0.1, -0.05) is 44.7 Å². The zero-order chi connectivity index (χ0) is 17.1. The molecule has 0 saturated heterocycles. The van der Waals surface area contributed by atoms with Crippen LogP contribution < -0.4 is 4.74 Å². The summed E-state index contributed by atoms with van der Waals surface area (Å²) in [6.07, 6.45) is 6.46. The Bertz CT molecular complexity index is 467. The summed E-state index contributed by atoms with van der Waals surface area (Å²) < 4.78 is 5.66. The lowest BCUT2D eigenvalue weighted by Crippen LogP contribution is -2.23. The quantitative estimate of drug-likeness (QED) is 0.452. The average Bonchev–Trinajstić information content (AvgIpc) is 2.51. The number of ether oxygens (including phenoxy) is 1. The third-order valence-corrected chi connectivity index (χ3v) is 3.76. The van der Waals surface area contributed by atoms with Crippen LogP contribution in [-0.4, -0.2) is 28.8 Å². The molecule has 0 unspecified atom stereocenters. The van der Waals surface area contributed by atoms with E-state index >= 15 is 0 Å². The van der Waals surface area contributed by atoms with Gasteiger partial charge in [0, 0.05) is 0 Å². The molecule has 1 aromatic rings. The number of rotatable bonds is 12. The Hall–Kier alpha value is -2.04. The van der Waals surface area contributed by atoms with Crippen molar-refractivity contribution in [1.29, 1.82) is 0 Å². The van der Waals surface area contributed by atoms with Gasteiger partial charge in [0.05, 0.1) is 6.61 Å². The molecule has 0 spiro atoms. The van der Waals surface area contributed by atoms with Gasteiger partial charge in [-0.3, -0.25) is 9.59 Å². The van der Waals surface area contributed by atoms with Crippen LogP contribution in [0.25, 0.3) is 0 Å². The van der Waals surface area contributed by atoms with Gasteiger partial charge < -0.3 is 14.9 Å². The van der Waals surface area contributed by atoms with Gasteiger partial charge in [0.25, 0.3) is 0 Å². The van der Waals surface area contributed by atoms with Gasteiger partial charge in [-0.15, -0.1) is 0 Å². The highest BCUT2D eigenvalue weighted by atomic mass is 16.5. The standard InChI is InChI=1S/C18H26O5/c1-2-3-4-5-6-13-23-15-10-7-14(8-11-15)9-12-16(17(19)20)18(21)22/h7-8,10-11,16H,2-6,9,12-13H2,1H3,(H,19,20)(H,21,22). The van der Waals surface area contributed by atoms with E-state index in [0.717, 1.165) is 17.7 Å². The number of hydrogen-bond acceptors (Lipinski definition) is 3. The minimum atomic E-state index is -1.35. The lowest BCUT2D eigenvalue weighted by atomic mass is 10.00. The first-order valence-electron chi connectivity index (χ1n) is 8.22. The maximum absolute atomic E-state index is 10.8. The Morgan fingerprint density at radius 3 is 2.17 bits per heavy atom. The number of carbonyl (C=O) groups is 2. The number of benzene rings is 1. The number of hydrogen-bond donors (Lipinski definition) is 2. The van der Waals surface area contributed by atoms with Gasteiger partial charge in [0.2, 0.25) is 0 Å². The maximum atomic E-state index is 10.8. The fourth-order valence-electron chi connectivity index (χ4n) is 2.31. The molecule has 0 saturated carbocycles. The predicted octanol–water partition coefficient (Wildman–Crippen LogP) is 3.75. The van der Waals surface area contributed by atoms with Crippen molar-refractivity contribution in [1.82, 2.24) is 0 Å². The van der Waals surface area contributed by atoms with Crippen LogP contribution >= 0.6 is 0 Å². The molecule has 0 amide bonds. The van der Waals surface area contributed by atoms with Crippen LogP contribution in [0.5, 0.6) is 5.75 Å². The molecule has 0 radical (unpaired) electrons. The zero-order valence-electron chi connectivity index (χ0n) is 13.7. The Morgan fingerprint density at radius 1 is 1.00 bits per heavy atom. The number of carboxylic acid groups (broad SMARTS) is 2. The SMILES string of the molecule is CCCCCCCOc1ccc(CCC(C(=O)O)C(=O)O)cc1. The van der Waals surface area contributed by atoms with Crippen molar-refractivity contribution in [3.63, 3.8) is 0 Å². The van der Waals surface area contributed by atoms with Crippen molar-refractivity contribution in [3.05, 3.63) is 29.8 Å². The summed E-state index contributed by atoms with van der Waals surface area (Å²) in [6.45, 7) is 2.89. The van der Waals surface area contributed by atoms with Gasteiger partial charge in [0.1, 0.15) is 5.75 Å². The van der Waals surface area contributed by atoms with Crippen LogP contribution in [-0.2, 0) is 16.0 Å². The molecule has 0 bridgehead atoms. The molecular weight excluding hydrogens is 296 g/mol. The Morgan fingerprint density at radius 2 is 1.61 bits per heavy atom. The van der Waals surface area contributed by atoms with Crippen LogP contribution in [0.1, 0.15) is 51.0 Å². The van der Waals surface area contributed by atoms with Gasteiger partial charge >= 0.3 is 11.9 Å². The van der Waals surface area contributed by atoms with Crippen LogP contribution in [0.15, 0.2) is 24.3 Å². The fourth-order valence-corrected chi connectivity index (χ4v) is 2.31. The minimum absolute atomic E-state index is 0.0856. The molecule has 0 fully saturated rings. The molecule has 23 heavy (non-hydrogen) atoms. The molecule has 0 aliphatic carbocycles. The predicted molar refractivity (Wildman–Crippen MR) is 87.8 cm³/mol. The van der Waals surface area contributed by atoms with Gasteiger partial charge in [0.15, 0.2) is 5.92 Å². The van der Waals surface area contributed by atoms with Crippen LogP contribution in [0, 0.1) is 5.92 Å². The summed E-state index contributed by atoms with van der Waals surface area (Å²) in [4.78, 5) is 21.7. The number of unbranched alkanes of at least 4 members (excludes halogenated alkanes) is 4. The van der Waals surface area contributed by atoms with E-state index in [4.69, 9.17) is 14.9 Å². The van der Waals surface area contributed by atoms with E-state index in [9.17, 15) is 9.59 Å². The van der Waals surface area contributed by atoms with E-state index in [1.807, 2.05) is 24.3 Å². The molecule has 2 N–H and O–H groups in total. The van der Waals surface area contributed by atoms with Crippen molar-refractivity contribution in [3.8, 4) is 5.75 Å². The van der Waals surface area contributed by atoms with Gasteiger partial charge in [-0.05, 0) is 37.0 Å². The average molecular weight is 322 g/mol. The van der Waals surface area contributed by atoms with Crippen molar-refractivity contribution < 1.29 is 24.5 Å². The molecular formula is C18H26O5. The van der Waals surface area contributed by atoms with E-state index in [0.29, 0.717) is 13.0 Å². The molecule has 1 aromatic carbocycles. The number of aliphatic carboxylic acids is 2. The van der Waals surface area contributed by atoms with Gasteiger partial charge in [-0.2, -0.15) is 0 Å². The third-order valence-electron chi connectivity index (χ3n) is 3.76. The van der Waals surface area contributed by atoms with E-state index in [-0.39, 0.29) is 6.42 Å².